The maximum absolute atomic E-state index is 11.7. The number of hydrogen-bond acceptors (Lipinski definition) is 6. The van der Waals surface area contributed by atoms with Gasteiger partial charge in [-0.1, -0.05) is 0 Å². The molecule has 3 rings (SSSR count). The van der Waals surface area contributed by atoms with Gasteiger partial charge in [0.25, 0.3) is 0 Å². The largest absolute Gasteiger partial charge is 0.493 e. The summed E-state index contributed by atoms with van der Waals surface area (Å²) in [6.07, 6.45) is 1.27. The fraction of sp³-hybridized carbons (Fsp3) is 0.438. The quantitative estimate of drug-likeness (QED) is 0.799. The summed E-state index contributed by atoms with van der Waals surface area (Å²) in [6.45, 7) is 0.686. The number of esters is 1. The molecule has 0 amide bonds. The topological polar surface area (TPSA) is 75.5 Å². The average molecular weight is 317 g/mol. The van der Waals surface area contributed by atoms with Crippen LogP contribution in [0.3, 0.4) is 0 Å². The minimum atomic E-state index is -0.188. The number of methoxy groups -OCH3 is 3. The van der Waals surface area contributed by atoms with Crippen LogP contribution in [-0.2, 0) is 22.5 Å². The third-order valence-electron chi connectivity index (χ3n) is 4.13. The lowest BCUT2D eigenvalue weighted by atomic mass is 9.98. The number of carbonyl (C=O) groups is 1. The lowest BCUT2D eigenvalue weighted by Gasteiger charge is -2.21. The van der Waals surface area contributed by atoms with Crippen LogP contribution in [0, 0.1) is 5.92 Å². The highest BCUT2D eigenvalue weighted by atomic mass is 16.5. The van der Waals surface area contributed by atoms with Crippen molar-refractivity contribution in [2.75, 3.05) is 21.3 Å². The molecule has 7 nitrogen and oxygen atoms in total. The normalized spacial score (nSPS) is 16.6. The molecular formula is C16H19N3O4. The second-order valence-electron chi connectivity index (χ2n) is 5.37. The van der Waals surface area contributed by atoms with Crippen LogP contribution in [0.15, 0.2) is 18.2 Å². The molecule has 23 heavy (non-hydrogen) atoms. The number of fused-ring (bicyclic) bond motifs is 1. The van der Waals surface area contributed by atoms with Crippen molar-refractivity contribution in [3.05, 3.63) is 24.0 Å². The zero-order valence-corrected chi connectivity index (χ0v) is 13.4. The molecule has 0 spiro atoms. The van der Waals surface area contributed by atoms with Crippen LogP contribution in [0.2, 0.25) is 0 Å². The van der Waals surface area contributed by atoms with Crippen LogP contribution in [0.5, 0.6) is 11.5 Å². The van der Waals surface area contributed by atoms with Gasteiger partial charge in [-0.2, -0.15) is 0 Å². The second-order valence-corrected chi connectivity index (χ2v) is 5.37. The third kappa shape index (κ3) is 2.74. The van der Waals surface area contributed by atoms with E-state index < -0.39 is 0 Å². The number of rotatable bonds is 4. The highest BCUT2D eigenvalue weighted by molar-refractivity contribution is 5.72. The van der Waals surface area contributed by atoms with Gasteiger partial charge in [0.15, 0.2) is 17.3 Å². The molecule has 1 aromatic carbocycles. The van der Waals surface area contributed by atoms with E-state index in [1.807, 2.05) is 22.8 Å². The van der Waals surface area contributed by atoms with Crippen molar-refractivity contribution in [1.29, 1.82) is 0 Å². The molecule has 122 valence electrons. The summed E-state index contributed by atoms with van der Waals surface area (Å²) in [7, 11) is 4.61. The van der Waals surface area contributed by atoms with Crippen molar-refractivity contribution in [3.8, 4) is 22.9 Å². The van der Waals surface area contributed by atoms with Gasteiger partial charge in [0.2, 0.25) is 0 Å². The van der Waals surface area contributed by atoms with E-state index in [4.69, 9.17) is 14.2 Å². The highest BCUT2D eigenvalue weighted by Gasteiger charge is 2.28. The molecule has 2 aromatic rings. The summed E-state index contributed by atoms with van der Waals surface area (Å²) >= 11 is 0. The van der Waals surface area contributed by atoms with Crippen LogP contribution >= 0.6 is 0 Å². The van der Waals surface area contributed by atoms with Crippen LogP contribution in [0.1, 0.15) is 12.2 Å². The molecule has 7 heteroatoms. The van der Waals surface area contributed by atoms with Crippen LogP contribution in [0.4, 0.5) is 0 Å². The van der Waals surface area contributed by atoms with Gasteiger partial charge in [0, 0.05) is 18.5 Å². The molecule has 0 saturated carbocycles. The number of benzene rings is 1. The highest BCUT2D eigenvalue weighted by Crippen LogP contribution is 2.33. The number of nitrogens with zero attached hydrogens (tertiary/aromatic N) is 3. The first-order chi connectivity index (χ1) is 11.2. The minimum absolute atomic E-state index is 0.144. The van der Waals surface area contributed by atoms with Crippen molar-refractivity contribution in [2.24, 2.45) is 5.92 Å². The van der Waals surface area contributed by atoms with Gasteiger partial charge in [-0.25, -0.2) is 0 Å². The lowest BCUT2D eigenvalue weighted by molar-refractivity contribution is -0.146. The van der Waals surface area contributed by atoms with Crippen molar-refractivity contribution < 1.29 is 19.0 Å². The van der Waals surface area contributed by atoms with E-state index in [9.17, 15) is 4.79 Å². The summed E-state index contributed by atoms with van der Waals surface area (Å²) in [5.74, 6) is 2.55. The molecule has 0 saturated heterocycles. The Morgan fingerprint density at radius 3 is 2.65 bits per heavy atom. The van der Waals surface area contributed by atoms with E-state index in [0.717, 1.165) is 23.6 Å². The van der Waals surface area contributed by atoms with Gasteiger partial charge in [-0.15, -0.1) is 10.2 Å². The predicted molar refractivity (Wildman–Crippen MR) is 82.4 cm³/mol. The number of ether oxygens (including phenoxy) is 3. The molecule has 1 unspecified atom stereocenters. The van der Waals surface area contributed by atoms with Crippen LogP contribution in [-0.4, -0.2) is 42.1 Å². The molecule has 1 aliphatic heterocycles. The van der Waals surface area contributed by atoms with E-state index in [-0.39, 0.29) is 11.9 Å². The van der Waals surface area contributed by atoms with Gasteiger partial charge < -0.3 is 18.8 Å². The first kappa shape index (κ1) is 15.3. The Labute approximate surface area is 134 Å². The fourth-order valence-electron chi connectivity index (χ4n) is 2.89. The first-order valence-electron chi connectivity index (χ1n) is 7.40. The zero-order valence-electron chi connectivity index (χ0n) is 13.4. The Hall–Kier alpha value is -2.57. The monoisotopic (exact) mass is 317 g/mol. The minimum Gasteiger partial charge on any atom is -0.493 e. The Bertz CT molecular complexity index is 726. The smallest absolute Gasteiger partial charge is 0.309 e. The van der Waals surface area contributed by atoms with Crippen molar-refractivity contribution >= 4 is 5.97 Å². The lowest BCUT2D eigenvalue weighted by Crippen LogP contribution is -2.27. The first-order valence-corrected chi connectivity index (χ1v) is 7.40. The Balaban J connectivity index is 1.92. The third-order valence-corrected chi connectivity index (χ3v) is 4.13. The van der Waals surface area contributed by atoms with E-state index in [1.54, 1.807) is 14.2 Å². The Morgan fingerprint density at radius 2 is 1.96 bits per heavy atom. The molecule has 0 bridgehead atoms. The fourth-order valence-corrected chi connectivity index (χ4v) is 2.89. The maximum atomic E-state index is 11.7. The van der Waals surface area contributed by atoms with Crippen molar-refractivity contribution in [3.63, 3.8) is 0 Å². The van der Waals surface area contributed by atoms with Crippen LogP contribution < -0.4 is 9.47 Å². The van der Waals surface area contributed by atoms with E-state index in [2.05, 4.69) is 10.2 Å². The molecule has 1 atom stereocenters. The molecule has 0 radical (unpaired) electrons. The standard InChI is InChI=1S/C16H19N3O4/c1-21-12-5-4-10(8-13(12)22-2)15-18-17-14-9-11(16(20)23-3)6-7-19(14)15/h4-5,8,11H,6-7,9H2,1-3H3. The van der Waals surface area contributed by atoms with Gasteiger partial charge >= 0.3 is 5.97 Å². The zero-order chi connectivity index (χ0) is 16.4. The molecule has 1 aromatic heterocycles. The Kier molecular flexibility index (Phi) is 4.18. The molecule has 0 aliphatic carbocycles. The number of carbonyl (C=O) groups excluding carboxylic acids is 1. The maximum Gasteiger partial charge on any atom is 0.309 e. The van der Waals surface area contributed by atoms with Gasteiger partial charge in [0.05, 0.1) is 27.2 Å². The van der Waals surface area contributed by atoms with Crippen LogP contribution in [0.25, 0.3) is 11.4 Å². The summed E-state index contributed by atoms with van der Waals surface area (Å²) in [5, 5.41) is 8.51. The Morgan fingerprint density at radius 1 is 1.17 bits per heavy atom. The average Bonchev–Trinajstić information content (AvgIpc) is 3.03. The second kappa shape index (κ2) is 6.28. The molecule has 1 aliphatic rings. The molecular weight excluding hydrogens is 298 g/mol. The summed E-state index contributed by atoms with van der Waals surface area (Å²) in [5.41, 5.74) is 0.901. The molecule has 0 fully saturated rings. The SMILES string of the molecule is COC(=O)C1CCn2c(nnc2-c2ccc(OC)c(OC)c2)C1. The van der Waals surface area contributed by atoms with Gasteiger partial charge in [-0.3, -0.25) is 4.79 Å². The summed E-state index contributed by atoms with van der Waals surface area (Å²) in [4.78, 5) is 11.7. The van der Waals surface area contributed by atoms with E-state index in [1.165, 1.54) is 7.11 Å². The molecule has 0 N–H and O–H groups in total. The van der Waals surface area contributed by atoms with E-state index >= 15 is 0 Å². The van der Waals surface area contributed by atoms with E-state index in [0.29, 0.717) is 24.5 Å². The predicted octanol–water partition coefficient (Wildman–Crippen LogP) is 1.70. The summed E-state index contributed by atoms with van der Waals surface area (Å²) < 4.78 is 17.5. The molecule has 2 heterocycles. The number of hydrogen-bond donors (Lipinski definition) is 0. The van der Waals surface area contributed by atoms with Gasteiger partial charge in [-0.05, 0) is 24.6 Å². The van der Waals surface area contributed by atoms with Gasteiger partial charge in [0.1, 0.15) is 5.82 Å². The van der Waals surface area contributed by atoms with Crippen molar-refractivity contribution in [1.82, 2.24) is 14.8 Å². The number of aromatic nitrogens is 3. The summed E-state index contributed by atoms with van der Waals surface area (Å²) in [6, 6.07) is 5.64. The van der Waals surface area contributed by atoms with Crippen molar-refractivity contribution in [2.45, 2.75) is 19.4 Å².